The summed E-state index contributed by atoms with van der Waals surface area (Å²) in [5, 5.41) is 2.83. The predicted molar refractivity (Wildman–Crippen MR) is 153 cm³/mol. The number of rotatable bonds is 14. The predicted octanol–water partition coefficient (Wildman–Crippen LogP) is 4.75. The Hall–Kier alpha value is -3.92. The molecule has 0 saturated heterocycles. The second-order valence-electron chi connectivity index (χ2n) is 9.22. The number of hydrogen-bond acceptors (Lipinski definition) is 5. The third kappa shape index (κ3) is 8.05. The number of anilines is 1. The van der Waals surface area contributed by atoms with Crippen LogP contribution in [0.3, 0.4) is 0 Å². The minimum atomic E-state index is -4.18. The van der Waals surface area contributed by atoms with Crippen molar-refractivity contribution in [3.8, 4) is 5.75 Å². The fourth-order valence-corrected chi connectivity index (χ4v) is 5.44. The third-order valence-electron chi connectivity index (χ3n) is 6.31. The zero-order valence-corrected chi connectivity index (χ0v) is 23.9. The van der Waals surface area contributed by atoms with E-state index in [9.17, 15) is 22.4 Å². The van der Waals surface area contributed by atoms with E-state index >= 15 is 0 Å². The lowest BCUT2D eigenvalue weighted by Crippen LogP contribution is -2.51. The van der Waals surface area contributed by atoms with Crippen molar-refractivity contribution >= 4 is 27.5 Å². The average Bonchev–Trinajstić information content (AvgIpc) is 2.96. The Balaban J connectivity index is 1.96. The van der Waals surface area contributed by atoms with Gasteiger partial charge in [-0.3, -0.25) is 13.9 Å². The summed E-state index contributed by atoms with van der Waals surface area (Å²) < 4.78 is 47.7. The number of amides is 2. The van der Waals surface area contributed by atoms with E-state index in [-0.39, 0.29) is 17.3 Å². The number of sulfonamides is 1. The van der Waals surface area contributed by atoms with Gasteiger partial charge in [-0.25, -0.2) is 12.8 Å². The van der Waals surface area contributed by atoms with E-state index in [1.54, 1.807) is 49.4 Å². The molecule has 2 amide bonds. The van der Waals surface area contributed by atoms with Crippen LogP contribution in [0.15, 0.2) is 83.8 Å². The number of carbonyl (C=O) groups excluding carboxylic acids is 2. The summed E-state index contributed by atoms with van der Waals surface area (Å²) >= 11 is 0. The molecule has 0 aromatic heterocycles. The van der Waals surface area contributed by atoms with Crippen molar-refractivity contribution in [1.82, 2.24) is 10.2 Å². The number of benzene rings is 3. The first-order valence-electron chi connectivity index (χ1n) is 13.3. The molecule has 0 bridgehead atoms. The molecule has 0 aliphatic rings. The van der Waals surface area contributed by atoms with Gasteiger partial charge in [0.25, 0.3) is 10.0 Å². The number of ether oxygens (including phenoxy) is 1. The monoisotopic (exact) mass is 569 g/mol. The Morgan fingerprint density at radius 2 is 1.60 bits per heavy atom. The molecule has 3 aromatic carbocycles. The number of nitrogens with one attached hydrogen (secondary N) is 1. The van der Waals surface area contributed by atoms with Crippen LogP contribution in [0.5, 0.6) is 5.75 Å². The minimum Gasteiger partial charge on any atom is -0.494 e. The largest absolute Gasteiger partial charge is 0.494 e. The molecule has 3 aromatic rings. The molecular formula is C30H36FN3O5S. The van der Waals surface area contributed by atoms with Crippen molar-refractivity contribution in [2.75, 3.05) is 24.0 Å². The van der Waals surface area contributed by atoms with Crippen LogP contribution in [0.2, 0.25) is 0 Å². The van der Waals surface area contributed by atoms with Gasteiger partial charge in [-0.2, -0.15) is 0 Å². The van der Waals surface area contributed by atoms with Gasteiger partial charge < -0.3 is 15.0 Å². The highest BCUT2D eigenvalue weighted by Crippen LogP contribution is 2.26. The van der Waals surface area contributed by atoms with Crippen LogP contribution in [-0.4, -0.2) is 50.9 Å². The summed E-state index contributed by atoms with van der Waals surface area (Å²) in [5.41, 5.74) is 0.898. The van der Waals surface area contributed by atoms with Crippen molar-refractivity contribution < 1.29 is 27.1 Å². The van der Waals surface area contributed by atoms with Crippen molar-refractivity contribution in [1.29, 1.82) is 0 Å². The lowest BCUT2D eigenvalue weighted by Gasteiger charge is -2.32. The fraction of sp³-hybridized carbons (Fsp3) is 0.333. The highest BCUT2D eigenvalue weighted by atomic mass is 32.2. The maximum atomic E-state index is 13.8. The molecule has 0 fully saturated rings. The summed E-state index contributed by atoms with van der Waals surface area (Å²) in [6, 6.07) is 19.0. The van der Waals surface area contributed by atoms with Crippen molar-refractivity contribution in [2.24, 2.45) is 0 Å². The van der Waals surface area contributed by atoms with Crippen LogP contribution in [0.25, 0.3) is 0 Å². The summed E-state index contributed by atoms with van der Waals surface area (Å²) in [7, 11) is -4.18. The second kappa shape index (κ2) is 14.5. The molecule has 0 spiro atoms. The van der Waals surface area contributed by atoms with Crippen LogP contribution < -0.4 is 14.4 Å². The third-order valence-corrected chi connectivity index (χ3v) is 8.10. The number of unbranched alkanes of at least 4 members (excludes halogenated alkanes) is 1. The molecule has 3 rings (SSSR count). The Bertz CT molecular complexity index is 1350. The van der Waals surface area contributed by atoms with E-state index in [2.05, 4.69) is 5.32 Å². The van der Waals surface area contributed by atoms with Gasteiger partial charge >= 0.3 is 0 Å². The summed E-state index contributed by atoms with van der Waals surface area (Å²) in [5.74, 6) is -0.841. The van der Waals surface area contributed by atoms with Gasteiger partial charge in [-0.05, 0) is 74.4 Å². The Kier molecular flexibility index (Phi) is 11.1. The van der Waals surface area contributed by atoms with Crippen molar-refractivity contribution in [3.63, 3.8) is 0 Å². The number of halogens is 1. The van der Waals surface area contributed by atoms with Crippen LogP contribution >= 0.6 is 0 Å². The molecule has 0 saturated carbocycles. The highest BCUT2D eigenvalue weighted by Gasteiger charge is 2.32. The van der Waals surface area contributed by atoms with Crippen LogP contribution in [0, 0.1) is 5.82 Å². The number of para-hydroxylation sites is 1. The van der Waals surface area contributed by atoms with Gasteiger partial charge in [0.2, 0.25) is 11.8 Å². The first kappa shape index (κ1) is 30.6. The number of hydrogen-bond donors (Lipinski definition) is 1. The first-order chi connectivity index (χ1) is 19.2. The molecule has 0 aliphatic heterocycles. The van der Waals surface area contributed by atoms with Gasteiger partial charge in [0.15, 0.2) is 0 Å². The van der Waals surface area contributed by atoms with Crippen LogP contribution in [0.4, 0.5) is 10.1 Å². The molecule has 0 radical (unpaired) electrons. The fourth-order valence-electron chi connectivity index (χ4n) is 4.03. The lowest BCUT2D eigenvalue weighted by molar-refractivity contribution is -0.139. The van der Waals surface area contributed by atoms with Gasteiger partial charge in [-0.1, -0.05) is 43.7 Å². The molecule has 1 N–H and O–H groups in total. The minimum absolute atomic E-state index is 0.00674. The molecule has 1 atom stereocenters. The maximum Gasteiger partial charge on any atom is 0.264 e. The summed E-state index contributed by atoms with van der Waals surface area (Å²) in [6.07, 6.45) is 1.68. The molecule has 0 unspecified atom stereocenters. The normalized spacial score (nSPS) is 11.9. The van der Waals surface area contributed by atoms with Gasteiger partial charge in [0.05, 0.1) is 17.2 Å². The maximum absolute atomic E-state index is 13.8. The first-order valence-corrected chi connectivity index (χ1v) is 14.7. The topological polar surface area (TPSA) is 96.0 Å². The zero-order chi connectivity index (χ0) is 29.1. The van der Waals surface area contributed by atoms with E-state index in [1.807, 2.05) is 13.8 Å². The standard InChI is InChI=1S/C30H36FN3O5S/c1-4-6-20-32-30(36)23(3)33(21-24-12-14-25(31)15-13-24)29(35)22-34(26-10-8-7-9-11-26)40(37,38)28-18-16-27(17-19-28)39-5-2/h7-19,23H,4-6,20-22H2,1-3H3,(H,32,36)/t23-/m0/s1. The zero-order valence-electron chi connectivity index (χ0n) is 23.0. The molecule has 214 valence electrons. The SMILES string of the molecule is CCCCNC(=O)[C@H](C)N(Cc1ccc(F)cc1)C(=O)CN(c1ccccc1)S(=O)(=O)c1ccc(OCC)cc1. The van der Waals surface area contributed by atoms with Gasteiger partial charge in [0, 0.05) is 13.1 Å². The van der Waals surface area contributed by atoms with E-state index in [4.69, 9.17) is 4.74 Å². The van der Waals surface area contributed by atoms with Crippen LogP contribution in [-0.2, 0) is 26.2 Å². The molecular weight excluding hydrogens is 533 g/mol. The highest BCUT2D eigenvalue weighted by molar-refractivity contribution is 7.92. The molecule has 0 aliphatic carbocycles. The van der Waals surface area contributed by atoms with Gasteiger partial charge in [0.1, 0.15) is 24.2 Å². The summed E-state index contributed by atoms with van der Waals surface area (Å²) in [4.78, 5) is 28.1. The molecule has 10 heteroatoms. The Morgan fingerprint density at radius 1 is 0.950 bits per heavy atom. The lowest BCUT2D eigenvalue weighted by atomic mass is 10.1. The van der Waals surface area contributed by atoms with Crippen molar-refractivity contribution in [3.05, 3.63) is 90.2 Å². The average molecular weight is 570 g/mol. The quantitative estimate of drug-likeness (QED) is 0.283. The Morgan fingerprint density at radius 3 is 2.20 bits per heavy atom. The van der Waals surface area contributed by atoms with E-state index in [0.29, 0.717) is 30.2 Å². The van der Waals surface area contributed by atoms with Gasteiger partial charge in [-0.15, -0.1) is 0 Å². The van der Waals surface area contributed by atoms with E-state index in [1.165, 1.54) is 41.3 Å². The van der Waals surface area contributed by atoms with E-state index < -0.39 is 34.3 Å². The van der Waals surface area contributed by atoms with Crippen molar-refractivity contribution in [2.45, 2.75) is 51.1 Å². The number of carbonyl (C=O) groups is 2. The number of nitrogens with zero attached hydrogens (tertiary/aromatic N) is 2. The summed E-state index contributed by atoms with van der Waals surface area (Å²) in [6.45, 7) is 5.77. The second-order valence-corrected chi connectivity index (χ2v) is 11.1. The van der Waals surface area contributed by atoms with E-state index in [0.717, 1.165) is 17.1 Å². The molecule has 0 heterocycles. The Labute approximate surface area is 235 Å². The molecule has 40 heavy (non-hydrogen) atoms. The smallest absolute Gasteiger partial charge is 0.264 e. The van der Waals surface area contributed by atoms with Crippen LogP contribution in [0.1, 0.15) is 39.2 Å². The molecule has 8 nitrogen and oxygen atoms in total.